The predicted octanol–water partition coefficient (Wildman–Crippen LogP) is 0.911. The van der Waals surface area contributed by atoms with E-state index in [0.717, 1.165) is 0 Å². The molecule has 1 aliphatic heterocycles. The molecule has 0 spiro atoms. The number of hydrogen-bond donors (Lipinski definition) is 2. The Hall–Kier alpha value is -0.820. The van der Waals surface area contributed by atoms with E-state index in [1.807, 2.05) is 0 Å². The van der Waals surface area contributed by atoms with E-state index in [-0.39, 0.29) is 23.3 Å². The standard InChI is InChI=1S/C13H26N2O4S/c1-13(2,3)19-12(16)15-9-11-5-7-20(17,18)6-4-10(11)8-14/h10-11H,4-9,14H2,1-3H3,(H,15,16)/t10-,11+/m1/s1. The van der Waals surface area contributed by atoms with Gasteiger partial charge in [0.25, 0.3) is 0 Å². The Morgan fingerprint density at radius 2 is 1.80 bits per heavy atom. The van der Waals surface area contributed by atoms with Crippen LogP contribution in [0.1, 0.15) is 33.6 Å². The van der Waals surface area contributed by atoms with Crippen molar-refractivity contribution >= 4 is 15.9 Å². The van der Waals surface area contributed by atoms with E-state index in [9.17, 15) is 13.2 Å². The highest BCUT2D eigenvalue weighted by Crippen LogP contribution is 2.24. The molecule has 1 aliphatic rings. The molecule has 1 fully saturated rings. The predicted molar refractivity (Wildman–Crippen MR) is 78.2 cm³/mol. The largest absolute Gasteiger partial charge is 0.444 e. The highest BCUT2D eigenvalue weighted by atomic mass is 32.2. The lowest BCUT2D eigenvalue weighted by atomic mass is 9.88. The monoisotopic (exact) mass is 306 g/mol. The highest BCUT2D eigenvalue weighted by Gasteiger charge is 2.29. The first-order chi connectivity index (χ1) is 9.13. The summed E-state index contributed by atoms with van der Waals surface area (Å²) in [6.07, 6.45) is 0.639. The van der Waals surface area contributed by atoms with Crippen LogP contribution < -0.4 is 11.1 Å². The molecule has 0 aromatic carbocycles. The number of ether oxygens (including phenoxy) is 1. The van der Waals surface area contributed by atoms with Crippen molar-refractivity contribution in [1.82, 2.24) is 5.32 Å². The van der Waals surface area contributed by atoms with Gasteiger partial charge in [0.15, 0.2) is 0 Å². The molecular weight excluding hydrogens is 280 g/mol. The minimum atomic E-state index is -2.96. The average Bonchev–Trinajstić information content (AvgIpc) is 2.43. The number of rotatable bonds is 3. The van der Waals surface area contributed by atoms with Gasteiger partial charge < -0.3 is 15.8 Å². The molecule has 3 N–H and O–H groups in total. The summed E-state index contributed by atoms with van der Waals surface area (Å²) in [5.41, 5.74) is 5.18. The van der Waals surface area contributed by atoms with Crippen LogP contribution in [0.3, 0.4) is 0 Å². The smallest absolute Gasteiger partial charge is 0.407 e. The fourth-order valence-electron chi connectivity index (χ4n) is 2.34. The zero-order valence-corrected chi connectivity index (χ0v) is 13.3. The Balaban J connectivity index is 2.54. The van der Waals surface area contributed by atoms with Gasteiger partial charge in [0.2, 0.25) is 0 Å². The van der Waals surface area contributed by atoms with Gasteiger partial charge in [-0.05, 0) is 52.0 Å². The van der Waals surface area contributed by atoms with E-state index >= 15 is 0 Å². The third-order valence-electron chi connectivity index (χ3n) is 3.48. The maximum absolute atomic E-state index is 11.7. The Bertz CT molecular complexity index is 428. The van der Waals surface area contributed by atoms with E-state index in [1.54, 1.807) is 20.8 Å². The maximum Gasteiger partial charge on any atom is 0.407 e. The molecule has 1 saturated heterocycles. The second-order valence-electron chi connectivity index (χ2n) is 6.37. The lowest BCUT2D eigenvalue weighted by molar-refractivity contribution is 0.0512. The van der Waals surface area contributed by atoms with Gasteiger partial charge in [0.05, 0.1) is 11.5 Å². The van der Waals surface area contributed by atoms with Crippen LogP contribution in [0.15, 0.2) is 0 Å². The molecule has 0 unspecified atom stereocenters. The van der Waals surface area contributed by atoms with Gasteiger partial charge >= 0.3 is 6.09 Å². The molecule has 2 atom stereocenters. The minimum absolute atomic E-state index is 0.0878. The topological polar surface area (TPSA) is 98.5 Å². The van der Waals surface area contributed by atoms with Crippen molar-refractivity contribution in [3.05, 3.63) is 0 Å². The first kappa shape index (κ1) is 17.2. The number of carbonyl (C=O) groups is 1. The lowest BCUT2D eigenvalue weighted by Gasteiger charge is -2.25. The van der Waals surface area contributed by atoms with Crippen LogP contribution in [-0.4, -0.2) is 44.7 Å². The van der Waals surface area contributed by atoms with Crippen molar-refractivity contribution in [2.24, 2.45) is 17.6 Å². The van der Waals surface area contributed by atoms with E-state index in [0.29, 0.717) is 25.9 Å². The third-order valence-corrected chi connectivity index (χ3v) is 5.19. The molecule has 0 radical (unpaired) electrons. The number of carbonyl (C=O) groups excluding carboxylic acids is 1. The van der Waals surface area contributed by atoms with Gasteiger partial charge in [-0.1, -0.05) is 0 Å². The molecule has 1 heterocycles. The second-order valence-corrected chi connectivity index (χ2v) is 8.67. The summed E-state index contributed by atoms with van der Waals surface area (Å²) in [7, 11) is -2.96. The highest BCUT2D eigenvalue weighted by molar-refractivity contribution is 7.91. The average molecular weight is 306 g/mol. The fraction of sp³-hybridized carbons (Fsp3) is 0.923. The fourth-order valence-corrected chi connectivity index (χ4v) is 3.87. The number of alkyl carbamates (subject to hydrolysis) is 1. The van der Waals surface area contributed by atoms with Crippen molar-refractivity contribution in [1.29, 1.82) is 0 Å². The first-order valence-corrected chi connectivity index (χ1v) is 8.82. The molecule has 0 aromatic heterocycles. The van der Waals surface area contributed by atoms with Crippen molar-refractivity contribution in [2.75, 3.05) is 24.6 Å². The number of amides is 1. The maximum atomic E-state index is 11.7. The number of sulfone groups is 1. The summed E-state index contributed by atoms with van der Waals surface area (Å²) >= 11 is 0. The van der Waals surface area contributed by atoms with E-state index in [2.05, 4.69) is 5.32 Å². The summed E-state index contributed by atoms with van der Waals surface area (Å²) in [5, 5.41) is 2.72. The lowest BCUT2D eigenvalue weighted by Crippen LogP contribution is -2.38. The Morgan fingerprint density at radius 1 is 1.25 bits per heavy atom. The van der Waals surface area contributed by atoms with Crippen molar-refractivity contribution in [2.45, 2.75) is 39.2 Å². The molecule has 1 rings (SSSR count). The molecule has 0 aliphatic carbocycles. The van der Waals surface area contributed by atoms with Gasteiger partial charge in [-0.25, -0.2) is 13.2 Å². The SMILES string of the molecule is CC(C)(C)OC(=O)NC[C@@H]1CCS(=O)(=O)CC[C@@H]1CN. The van der Waals surface area contributed by atoms with Crippen LogP contribution in [0.5, 0.6) is 0 Å². The van der Waals surface area contributed by atoms with Crippen molar-refractivity contribution in [3.63, 3.8) is 0 Å². The van der Waals surface area contributed by atoms with E-state index in [4.69, 9.17) is 10.5 Å². The van der Waals surface area contributed by atoms with Gasteiger partial charge in [-0.2, -0.15) is 0 Å². The van der Waals surface area contributed by atoms with E-state index in [1.165, 1.54) is 0 Å². The quantitative estimate of drug-likeness (QED) is 0.807. The Kier molecular flexibility index (Phi) is 5.82. The van der Waals surface area contributed by atoms with Crippen LogP contribution in [0.2, 0.25) is 0 Å². The van der Waals surface area contributed by atoms with Crippen LogP contribution in [0.25, 0.3) is 0 Å². The van der Waals surface area contributed by atoms with E-state index < -0.39 is 21.5 Å². The molecule has 7 heteroatoms. The molecule has 6 nitrogen and oxygen atoms in total. The van der Waals surface area contributed by atoms with Crippen molar-refractivity contribution in [3.8, 4) is 0 Å². The summed E-state index contributed by atoms with van der Waals surface area (Å²) in [6.45, 7) is 6.25. The number of hydrogen-bond acceptors (Lipinski definition) is 5. The van der Waals surface area contributed by atoms with Gasteiger partial charge in [0, 0.05) is 6.54 Å². The molecular formula is C13H26N2O4S. The molecule has 118 valence electrons. The third kappa shape index (κ3) is 6.09. The number of nitrogens with one attached hydrogen (secondary N) is 1. The van der Waals surface area contributed by atoms with Crippen LogP contribution in [0, 0.1) is 11.8 Å². The number of nitrogens with two attached hydrogens (primary N) is 1. The minimum Gasteiger partial charge on any atom is -0.444 e. The zero-order valence-electron chi connectivity index (χ0n) is 12.5. The Labute approximate surface area is 121 Å². The van der Waals surface area contributed by atoms with Gasteiger partial charge in [0.1, 0.15) is 15.4 Å². The summed E-state index contributed by atoms with van der Waals surface area (Å²) in [5.74, 6) is 0.578. The molecule has 0 saturated carbocycles. The van der Waals surface area contributed by atoms with Gasteiger partial charge in [-0.3, -0.25) is 0 Å². The molecule has 0 aromatic rings. The molecule has 1 amide bonds. The molecule has 20 heavy (non-hydrogen) atoms. The van der Waals surface area contributed by atoms with Gasteiger partial charge in [-0.15, -0.1) is 0 Å². The Morgan fingerprint density at radius 3 is 2.30 bits per heavy atom. The summed E-state index contributed by atoms with van der Waals surface area (Å²) < 4.78 is 28.5. The van der Waals surface area contributed by atoms with Crippen LogP contribution in [0.4, 0.5) is 4.79 Å². The summed E-state index contributed by atoms with van der Waals surface area (Å²) in [4.78, 5) is 11.6. The second kappa shape index (κ2) is 6.76. The van der Waals surface area contributed by atoms with Crippen molar-refractivity contribution < 1.29 is 17.9 Å². The van der Waals surface area contributed by atoms with Crippen LogP contribution in [-0.2, 0) is 14.6 Å². The zero-order chi connectivity index (χ0) is 15.4. The normalized spacial score (nSPS) is 26.6. The summed E-state index contributed by atoms with van der Waals surface area (Å²) in [6, 6.07) is 0. The van der Waals surface area contributed by atoms with Crippen LogP contribution >= 0.6 is 0 Å². The first-order valence-electron chi connectivity index (χ1n) is 7.00. The molecule has 0 bridgehead atoms.